The number of hydrazine groups is 1. The molecule has 2 N–H and O–H groups in total. The number of allylic oxidation sites excluding steroid dienone is 2. The largest absolute Gasteiger partial charge is 0.378 e. The minimum absolute atomic E-state index is 0.156. The van der Waals surface area contributed by atoms with Gasteiger partial charge in [-0.3, -0.25) is 10.2 Å². The van der Waals surface area contributed by atoms with E-state index in [1.807, 2.05) is 12.1 Å². The summed E-state index contributed by atoms with van der Waals surface area (Å²) in [6, 6.07) is 5.33. The highest BCUT2D eigenvalue weighted by Crippen LogP contribution is 2.32. The zero-order valence-electron chi connectivity index (χ0n) is 13.1. The summed E-state index contributed by atoms with van der Waals surface area (Å²) in [4.78, 5) is 22.9. The van der Waals surface area contributed by atoms with Crippen molar-refractivity contribution in [3.63, 3.8) is 0 Å². The number of carbonyl (C=O) groups is 2. The summed E-state index contributed by atoms with van der Waals surface area (Å²) in [7, 11) is 0. The van der Waals surface area contributed by atoms with Gasteiger partial charge >= 0.3 is 0 Å². The monoisotopic (exact) mass is 311 g/mol. The second-order valence-corrected chi connectivity index (χ2v) is 5.29. The fourth-order valence-electron chi connectivity index (χ4n) is 2.39. The minimum atomic E-state index is -0.156. The standard InChI is InChI=1S/C18H21N3O2/c1-4-5-6-7-13(2)20-21-14(3)17-12-15(19-10-11-22)8-9-16(17)18(21)23/h4,8-9,11-12,19-20H,1-3,5-7,10H2. The number of carbonyl (C=O) groups excluding carboxylic acids is 2. The molecule has 0 atom stereocenters. The van der Waals surface area contributed by atoms with Gasteiger partial charge in [-0.15, -0.1) is 6.58 Å². The number of nitrogens with one attached hydrogen (secondary N) is 2. The predicted molar refractivity (Wildman–Crippen MR) is 92.5 cm³/mol. The number of unbranched alkanes of at least 4 members (excludes halogenated alkanes) is 1. The Morgan fingerprint density at radius 3 is 2.78 bits per heavy atom. The van der Waals surface area contributed by atoms with Gasteiger partial charge in [0.2, 0.25) is 0 Å². The number of benzene rings is 1. The van der Waals surface area contributed by atoms with Crippen LogP contribution in [-0.2, 0) is 4.79 Å². The van der Waals surface area contributed by atoms with Crippen LogP contribution in [0.2, 0.25) is 0 Å². The fourth-order valence-corrected chi connectivity index (χ4v) is 2.39. The highest BCUT2D eigenvalue weighted by molar-refractivity contribution is 6.09. The molecule has 1 heterocycles. The lowest BCUT2D eigenvalue weighted by Crippen LogP contribution is -2.36. The van der Waals surface area contributed by atoms with Crippen molar-refractivity contribution >= 4 is 23.6 Å². The Bertz CT molecular complexity index is 664. The van der Waals surface area contributed by atoms with Crippen LogP contribution in [0.3, 0.4) is 0 Å². The summed E-state index contributed by atoms with van der Waals surface area (Å²) in [5.74, 6) is -0.156. The first kappa shape index (κ1) is 16.5. The van der Waals surface area contributed by atoms with Gasteiger partial charge in [0.1, 0.15) is 6.29 Å². The van der Waals surface area contributed by atoms with Crippen LogP contribution in [0.1, 0.15) is 35.2 Å². The van der Waals surface area contributed by atoms with Gasteiger partial charge in [0.05, 0.1) is 17.8 Å². The summed E-state index contributed by atoms with van der Waals surface area (Å²) in [6.07, 6.45) is 5.23. The number of hydrogen-bond acceptors (Lipinski definition) is 4. The van der Waals surface area contributed by atoms with Crippen molar-refractivity contribution in [2.24, 2.45) is 0 Å². The van der Waals surface area contributed by atoms with Crippen molar-refractivity contribution in [1.82, 2.24) is 10.4 Å². The molecule has 0 fully saturated rings. The minimum Gasteiger partial charge on any atom is -0.378 e. The molecule has 0 saturated heterocycles. The molecular formula is C18H21N3O2. The number of fused-ring (bicyclic) bond motifs is 1. The van der Waals surface area contributed by atoms with E-state index in [1.165, 1.54) is 5.01 Å². The first-order valence-corrected chi connectivity index (χ1v) is 7.49. The number of amides is 1. The van der Waals surface area contributed by atoms with E-state index in [0.29, 0.717) is 11.3 Å². The first-order chi connectivity index (χ1) is 11.1. The normalized spacial score (nSPS) is 12.8. The third-order valence-corrected chi connectivity index (χ3v) is 3.58. The van der Waals surface area contributed by atoms with Crippen LogP contribution in [-0.4, -0.2) is 23.7 Å². The van der Waals surface area contributed by atoms with Gasteiger partial charge < -0.3 is 10.1 Å². The second kappa shape index (κ2) is 7.45. The quantitative estimate of drug-likeness (QED) is 0.418. The molecule has 0 radical (unpaired) electrons. The summed E-state index contributed by atoms with van der Waals surface area (Å²) >= 11 is 0. The van der Waals surface area contributed by atoms with Crippen molar-refractivity contribution in [3.8, 4) is 0 Å². The molecule has 0 aromatic heterocycles. The smallest absolute Gasteiger partial charge is 0.277 e. The molecule has 1 amide bonds. The van der Waals surface area contributed by atoms with E-state index in [9.17, 15) is 9.59 Å². The average molecular weight is 311 g/mol. The van der Waals surface area contributed by atoms with E-state index < -0.39 is 0 Å². The van der Waals surface area contributed by atoms with Crippen molar-refractivity contribution in [2.75, 3.05) is 11.9 Å². The Morgan fingerprint density at radius 2 is 2.09 bits per heavy atom. The highest BCUT2D eigenvalue weighted by Gasteiger charge is 2.31. The van der Waals surface area contributed by atoms with Crippen molar-refractivity contribution < 1.29 is 9.59 Å². The zero-order valence-corrected chi connectivity index (χ0v) is 13.1. The van der Waals surface area contributed by atoms with E-state index in [-0.39, 0.29) is 12.5 Å². The number of rotatable bonds is 9. The van der Waals surface area contributed by atoms with Gasteiger partial charge in [-0.25, -0.2) is 5.01 Å². The number of nitrogens with zero attached hydrogens (tertiary/aromatic N) is 1. The summed E-state index contributed by atoms with van der Waals surface area (Å²) in [5.41, 5.74) is 6.46. The third-order valence-electron chi connectivity index (χ3n) is 3.58. The molecule has 1 aromatic rings. The van der Waals surface area contributed by atoms with Gasteiger partial charge in [-0.1, -0.05) is 19.2 Å². The Kier molecular flexibility index (Phi) is 5.36. The highest BCUT2D eigenvalue weighted by atomic mass is 16.2. The van der Waals surface area contributed by atoms with E-state index in [2.05, 4.69) is 30.5 Å². The van der Waals surface area contributed by atoms with E-state index >= 15 is 0 Å². The van der Waals surface area contributed by atoms with Crippen molar-refractivity contribution in [2.45, 2.75) is 19.3 Å². The molecule has 5 heteroatoms. The molecule has 1 aliphatic heterocycles. The lowest BCUT2D eigenvalue weighted by atomic mass is 10.1. The molecule has 23 heavy (non-hydrogen) atoms. The molecule has 120 valence electrons. The Hall–Kier alpha value is -2.82. The van der Waals surface area contributed by atoms with Crippen LogP contribution in [0.25, 0.3) is 5.70 Å². The fraction of sp³-hybridized carbons (Fsp3) is 0.222. The molecule has 5 nitrogen and oxygen atoms in total. The Labute approximate surface area is 136 Å². The van der Waals surface area contributed by atoms with Crippen LogP contribution < -0.4 is 10.7 Å². The molecule has 0 unspecified atom stereocenters. The summed E-state index contributed by atoms with van der Waals surface area (Å²) in [6.45, 7) is 11.8. The van der Waals surface area contributed by atoms with E-state index in [1.54, 1.807) is 12.1 Å². The molecule has 0 saturated carbocycles. The SMILES string of the molecule is C=CCCCC(=C)NN1C(=C)c2cc(NCC=O)ccc2C1=O. The average Bonchev–Trinajstić information content (AvgIpc) is 2.78. The lowest BCUT2D eigenvalue weighted by molar-refractivity contribution is -0.106. The molecule has 0 spiro atoms. The molecule has 1 aromatic carbocycles. The topological polar surface area (TPSA) is 61.4 Å². The van der Waals surface area contributed by atoms with E-state index in [4.69, 9.17) is 0 Å². The van der Waals surface area contributed by atoms with Crippen LogP contribution in [0.5, 0.6) is 0 Å². The predicted octanol–water partition coefficient (Wildman–Crippen LogP) is 3.10. The number of anilines is 1. The van der Waals surface area contributed by atoms with Crippen molar-refractivity contribution in [1.29, 1.82) is 0 Å². The Morgan fingerprint density at radius 1 is 1.30 bits per heavy atom. The Balaban J connectivity index is 2.09. The maximum Gasteiger partial charge on any atom is 0.277 e. The number of aldehydes is 1. The van der Waals surface area contributed by atoms with Crippen LogP contribution in [0, 0.1) is 0 Å². The maximum absolute atomic E-state index is 12.5. The molecule has 0 bridgehead atoms. The van der Waals surface area contributed by atoms with Gasteiger partial charge in [-0.2, -0.15) is 0 Å². The van der Waals surface area contributed by atoms with Crippen LogP contribution in [0.4, 0.5) is 5.69 Å². The summed E-state index contributed by atoms with van der Waals surface area (Å²) in [5, 5.41) is 4.38. The second-order valence-electron chi connectivity index (χ2n) is 5.29. The molecule has 2 rings (SSSR count). The molecular weight excluding hydrogens is 290 g/mol. The van der Waals surface area contributed by atoms with Gasteiger partial charge in [0.25, 0.3) is 5.91 Å². The van der Waals surface area contributed by atoms with Gasteiger partial charge in [-0.05, 0) is 37.5 Å². The maximum atomic E-state index is 12.5. The van der Waals surface area contributed by atoms with Crippen LogP contribution in [0.15, 0.2) is 49.7 Å². The first-order valence-electron chi connectivity index (χ1n) is 7.49. The number of hydrogen-bond donors (Lipinski definition) is 2. The summed E-state index contributed by atoms with van der Waals surface area (Å²) < 4.78 is 0. The molecule has 1 aliphatic rings. The molecule has 0 aliphatic carbocycles. The third kappa shape index (κ3) is 3.69. The van der Waals surface area contributed by atoms with Crippen molar-refractivity contribution in [3.05, 3.63) is 60.8 Å². The van der Waals surface area contributed by atoms with Gasteiger partial charge in [0.15, 0.2) is 0 Å². The lowest BCUT2D eigenvalue weighted by Gasteiger charge is -2.21. The van der Waals surface area contributed by atoms with Gasteiger partial charge in [0, 0.05) is 16.9 Å². The zero-order chi connectivity index (χ0) is 16.8. The van der Waals surface area contributed by atoms with E-state index in [0.717, 1.165) is 42.5 Å². The van der Waals surface area contributed by atoms with Crippen LogP contribution >= 0.6 is 0 Å².